The standard InChI is InChI=1S/C8H6N2O2/c1-12-8(11)7-2-6(3-9)4-10-5-7/h2,4-5H,1H3. The van der Waals surface area contributed by atoms with Crippen LogP contribution in [0.1, 0.15) is 15.9 Å². The largest absolute Gasteiger partial charge is 0.465 e. The van der Waals surface area contributed by atoms with Crippen LogP contribution in [0.25, 0.3) is 0 Å². The highest BCUT2D eigenvalue weighted by molar-refractivity contribution is 5.89. The van der Waals surface area contributed by atoms with Gasteiger partial charge in [-0.2, -0.15) is 5.26 Å². The fraction of sp³-hybridized carbons (Fsp3) is 0.125. The van der Waals surface area contributed by atoms with Crippen molar-refractivity contribution in [3.8, 4) is 6.07 Å². The van der Waals surface area contributed by atoms with Crippen LogP contribution in [-0.2, 0) is 4.74 Å². The molecule has 0 fully saturated rings. The molecule has 4 nitrogen and oxygen atoms in total. The van der Waals surface area contributed by atoms with Crippen LogP contribution in [0.4, 0.5) is 0 Å². The van der Waals surface area contributed by atoms with Crippen molar-refractivity contribution in [2.45, 2.75) is 0 Å². The summed E-state index contributed by atoms with van der Waals surface area (Å²) in [6.07, 6.45) is 2.74. The fourth-order valence-electron chi connectivity index (χ4n) is 0.731. The maximum atomic E-state index is 10.9. The number of rotatable bonds is 1. The number of nitrogens with zero attached hydrogens (tertiary/aromatic N) is 2. The van der Waals surface area contributed by atoms with Crippen LogP contribution in [0.3, 0.4) is 0 Å². The van der Waals surface area contributed by atoms with Gasteiger partial charge >= 0.3 is 5.97 Å². The fourth-order valence-corrected chi connectivity index (χ4v) is 0.731. The molecule has 0 radical (unpaired) electrons. The van der Waals surface area contributed by atoms with E-state index in [-0.39, 0.29) is 5.56 Å². The van der Waals surface area contributed by atoms with Crippen LogP contribution >= 0.6 is 0 Å². The predicted octanol–water partition coefficient (Wildman–Crippen LogP) is 0.740. The Morgan fingerprint density at radius 2 is 2.42 bits per heavy atom. The first-order valence-corrected chi connectivity index (χ1v) is 3.21. The first-order chi connectivity index (χ1) is 5.77. The third-order valence-corrected chi connectivity index (χ3v) is 1.29. The second kappa shape index (κ2) is 3.49. The number of hydrogen-bond donors (Lipinski definition) is 0. The van der Waals surface area contributed by atoms with E-state index in [1.54, 1.807) is 0 Å². The average Bonchev–Trinajstić information content (AvgIpc) is 2.17. The monoisotopic (exact) mass is 162 g/mol. The highest BCUT2D eigenvalue weighted by atomic mass is 16.5. The molecule has 0 spiro atoms. The molecule has 60 valence electrons. The van der Waals surface area contributed by atoms with Crippen LogP contribution in [-0.4, -0.2) is 18.1 Å². The lowest BCUT2D eigenvalue weighted by Crippen LogP contribution is -2.01. The van der Waals surface area contributed by atoms with Crippen molar-refractivity contribution in [3.05, 3.63) is 29.6 Å². The summed E-state index contributed by atoms with van der Waals surface area (Å²) in [4.78, 5) is 14.6. The number of carbonyl (C=O) groups is 1. The summed E-state index contributed by atoms with van der Waals surface area (Å²) in [5.74, 6) is -0.486. The molecule has 1 heterocycles. The summed E-state index contributed by atoms with van der Waals surface area (Å²) in [5, 5.41) is 8.47. The van der Waals surface area contributed by atoms with E-state index in [2.05, 4.69) is 9.72 Å². The minimum atomic E-state index is -0.486. The minimum absolute atomic E-state index is 0.288. The molecule has 4 heteroatoms. The van der Waals surface area contributed by atoms with E-state index < -0.39 is 5.97 Å². The number of nitriles is 1. The third kappa shape index (κ3) is 1.58. The van der Waals surface area contributed by atoms with Gasteiger partial charge in [-0.3, -0.25) is 4.98 Å². The van der Waals surface area contributed by atoms with Crippen LogP contribution in [0.2, 0.25) is 0 Å². The number of methoxy groups -OCH3 is 1. The zero-order chi connectivity index (χ0) is 8.97. The van der Waals surface area contributed by atoms with Gasteiger partial charge in [-0.05, 0) is 6.07 Å². The normalized spacial score (nSPS) is 8.67. The van der Waals surface area contributed by atoms with Crippen molar-refractivity contribution in [2.75, 3.05) is 7.11 Å². The third-order valence-electron chi connectivity index (χ3n) is 1.29. The Balaban J connectivity index is 3.04. The predicted molar refractivity (Wildman–Crippen MR) is 40.3 cm³/mol. The van der Waals surface area contributed by atoms with Gasteiger partial charge in [-0.1, -0.05) is 0 Å². The number of esters is 1. The molecule has 0 amide bonds. The lowest BCUT2D eigenvalue weighted by Gasteiger charge is -1.96. The van der Waals surface area contributed by atoms with Crippen molar-refractivity contribution >= 4 is 5.97 Å². The van der Waals surface area contributed by atoms with Crippen LogP contribution in [0.15, 0.2) is 18.5 Å². The lowest BCUT2D eigenvalue weighted by atomic mass is 10.2. The maximum absolute atomic E-state index is 10.9. The number of carbonyl (C=O) groups excluding carboxylic acids is 1. The van der Waals surface area contributed by atoms with Crippen molar-refractivity contribution in [1.29, 1.82) is 5.26 Å². The summed E-state index contributed by atoms with van der Waals surface area (Å²) in [7, 11) is 1.28. The Kier molecular flexibility index (Phi) is 2.38. The number of ether oxygens (including phenoxy) is 1. The first-order valence-electron chi connectivity index (χ1n) is 3.21. The second-order valence-corrected chi connectivity index (χ2v) is 2.07. The quantitative estimate of drug-likeness (QED) is 0.571. The van der Waals surface area contributed by atoms with Gasteiger partial charge in [-0.15, -0.1) is 0 Å². The number of aromatic nitrogens is 1. The van der Waals surface area contributed by atoms with Gasteiger partial charge in [0.15, 0.2) is 0 Å². The SMILES string of the molecule is COC(=O)c1cncc(C#N)c1. The molecule has 1 aromatic heterocycles. The van der Waals surface area contributed by atoms with E-state index in [0.717, 1.165) is 0 Å². The highest BCUT2D eigenvalue weighted by Crippen LogP contribution is 2.02. The van der Waals surface area contributed by atoms with Gasteiger partial charge in [0.2, 0.25) is 0 Å². The zero-order valence-corrected chi connectivity index (χ0v) is 6.44. The van der Waals surface area contributed by atoms with Crippen LogP contribution < -0.4 is 0 Å². The molecule has 1 aromatic rings. The summed E-state index contributed by atoms with van der Waals surface area (Å²) >= 11 is 0. The Hall–Kier alpha value is -1.89. The van der Waals surface area contributed by atoms with E-state index in [9.17, 15) is 4.79 Å². The highest BCUT2D eigenvalue weighted by Gasteiger charge is 2.05. The molecule has 12 heavy (non-hydrogen) atoms. The molecule has 0 aliphatic rings. The van der Waals surface area contributed by atoms with Crippen molar-refractivity contribution < 1.29 is 9.53 Å². The first kappa shape index (κ1) is 8.21. The molecular formula is C8H6N2O2. The van der Waals surface area contributed by atoms with Crippen LogP contribution in [0.5, 0.6) is 0 Å². The molecule has 0 bridgehead atoms. The van der Waals surface area contributed by atoms with E-state index in [1.807, 2.05) is 6.07 Å². The van der Waals surface area contributed by atoms with Crippen molar-refractivity contribution in [1.82, 2.24) is 4.98 Å². The van der Waals surface area contributed by atoms with Gasteiger partial charge < -0.3 is 4.74 Å². The second-order valence-electron chi connectivity index (χ2n) is 2.07. The molecule has 0 saturated carbocycles. The van der Waals surface area contributed by atoms with E-state index in [0.29, 0.717) is 5.56 Å². The molecule has 0 aliphatic carbocycles. The van der Waals surface area contributed by atoms with Gasteiger partial charge in [0, 0.05) is 12.4 Å². The van der Waals surface area contributed by atoms with Gasteiger partial charge in [0.25, 0.3) is 0 Å². The van der Waals surface area contributed by atoms with Crippen LogP contribution in [0, 0.1) is 11.3 Å². The maximum Gasteiger partial charge on any atom is 0.339 e. The Labute approximate surface area is 69.4 Å². The molecule has 1 rings (SSSR count). The zero-order valence-electron chi connectivity index (χ0n) is 6.44. The molecule has 0 saturated heterocycles. The van der Waals surface area contributed by atoms with E-state index in [4.69, 9.17) is 5.26 Å². The van der Waals surface area contributed by atoms with E-state index in [1.165, 1.54) is 25.6 Å². The summed E-state index contributed by atoms with van der Waals surface area (Å²) < 4.78 is 4.45. The Morgan fingerprint density at radius 1 is 1.67 bits per heavy atom. The summed E-state index contributed by atoms with van der Waals surface area (Å²) in [6.45, 7) is 0. The average molecular weight is 162 g/mol. The summed E-state index contributed by atoms with van der Waals surface area (Å²) in [5.41, 5.74) is 0.634. The van der Waals surface area contributed by atoms with Gasteiger partial charge in [-0.25, -0.2) is 4.79 Å². The summed E-state index contributed by atoms with van der Waals surface area (Å²) in [6, 6.07) is 3.31. The molecule has 0 aliphatic heterocycles. The number of hydrogen-bond acceptors (Lipinski definition) is 4. The van der Waals surface area contributed by atoms with Crippen molar-refractivity contribution in [3.63, 3.8) is 0 Å². The van der Waals surface area contributed by atoms with Crippen molar-refractivity contribution in [2.24, 2.45) is 0 Å². The topological polar surface area (TPSA) is 63.0 Å². The molecular weight excluding hydrogens is 156 g/mol. The van der Waals surface area contributed by atoms with Gasteiger partial charge in [0.05, 0.1) is 18.2 Å². The Morgan fingerprint density at radius 3 is 3.00 bits per heavy atom. The minimum Gasteiger partial charge on any atom is -0.465 e. The Bertz CT molecular complexity index is 341. The van der Waals surface area contributed by atoms with E-state index >= 15 is 0 Å². The molecule has 0 atom stereocenters. The molecule has 0 aromatic carbocycles. The van der Waals surface area contributed by atoms with Gasteiger partial charge in [0.1, 0.15) is 6.07 Å². The molecule has 0 N–H and O–H groups in total. The lowest BCUT2D eigenvalue weighted by molar-refractivity contribution is 0.0600. The number of pyridine rings is 1. The molecule has 0 unspecified atom stereocenters. The smallest absolute Gasteiger partial charge is 0.339 e.